The molecule has 24 heavy (non-hydrogen) atoms. The van der Waals surface area contributed by atoms with Gasteiger partial charge in [-0.2, -0.15) is 0 Å². The van der Waals surface area contributed by atoms with Gasteiger partial charge in [-0.3, -0.25) is 15.6 Å². The Morgan fingerprint density at radius 3 is 2.54 bits per heavy atom. The first-order valence-electron chi connectivity index (χ1n) is 7.30. The zero-order valence-corrected chi connectivity index (χ0v) is 14.6. The SMILES string of the molecule is Cc1ccc(C(=O)NNC(=S)NCCc2ccc(Cl)cc2)cc1F. The highest BCUT2D eigenvalue weighted by Crippen LogP contribution is 2.10. The molecule has 0 fully saturated rings. The van der Waals surface area contributed by atoms with Gasteiger partial charge in [0.2, 0.25) is 0 Å². The first-order chi connectivity index (χ1) is 11.5. The number of benzene rings is 2. The number of thiocarbonyl (C=S) groups is 1. The number of carbonyl (C=O) groups is 1. The van der Waals surface area contributed by atoms with Gasteiger partial charge in [-0.1, -0.05) is 29.8 Å². The summed E-state index contributed by atoms with van der Waals surface area (Å²) in [5.41, 5.74) is 6.83. The maximum absolute atomic E-state index is 13.4. The molecule has 0 radical (unpaired) electrons. The molecule has 0 saturated heterocycles. The van der Waals surface area contributed by atoms with Crippen molar-refractivity contribution in [2.45, 2.75) is 13.3 Å². The van der Waals surface area contributed by atoms with Gasteiger partial charge in [-0.25, -0.2) is 4.39 Å². The van der Waals surface area contributed by atoms with Crippen LogP contribution in [0.15, 0.2) is 42.5 Å². The van der Waals surface area contributed by atoms with E-state index in [1.165, 1.54) is 6.07 Å². The lowest BCUT2D eigenvalue weighted by atomic mass is 10.1. The van der Waals surface area contributed by atoms with Crippen LogP contribution in [0.25, 0.3) is 0 Å². The van der Waals surface area contributed by atoms with Crippen LogP contribution in [-0.4, -0.2) is 17.6 Å². The van der Waals surface area contributed by atoms with E-state index in [-0.39, 0.29) is 10.7 Å². The van der Waals surface area contributed by atoms with Gasteiger partial charge in [0.15, 0.2) is 5.11 Å². The maximum Gasteiger partial charge on any atom is 0.269 e. The first kappa shape index (κ1) is 18.2. The quantitative estimate of drug-likeness (QED) is 0.575. The Hall–Kier alpha value is -2.18. The molecule has 2 aromatic rings. The minimum Gasteiger partial charge on any atom is -0.361 e. The average molecular weight is 366 g/mol. The number of halogens is 2. The Balaban J connectivity index is 1.73. The minimum atomic E-state index is -0.462. The molecule has 0 aromatic heterocycles. The van der Waals surface area contributed by atoms with E-state index in [9.17, 15) is 9.18 Å². The number of hydrogen-bond donors (Lipinski definition) is 3. The predicted octanol–water partition coefficient (Wildman–Crippen LogP) is 3.14. The second-order valence-electron chi connectivity index (χ2n) is 5.18. The molecule has 3 N–H and O–H groups in total. The third-order valence-electron chi connectivity index (χ3n) is 3.34. The maximum atomic E-state index is 13.4. The monoisotopic (exact) mass is 365 g/mol. The third-order valence-corrected chi connectivity index (χ3v) is 3.83. The van der Waals surface area contributed by atoms with Gasteiger partial charge in [0, 0.05) is 17.1 Å². The molecular formula is C17H17ClFN3OS. The van der Waals surface area contributed by atoms with Crippen LogP contribution in [0.4, 0.5) is 4.39 Å². The van der Waals surface area contributed by atoms with Crippen LogP contribution in [-0.2, 0) is 6.42 Å². The molecule has 2 aromatic carbocycles. The summed E-state index contributed by atoms with van der Waals surface area (Å²) >= 11 is 10.9. The lowest BCUT2D eigenvalue weighted by molar-refractivity contribution is 0.0943. The Bertz CT molecular complexity index is 737. The highest BCUT2D eigenvalue weighted by atomic mass is 35.5. The lowest BCUT2D eigenvalue weighted by Crippen LogP contribution is -2.47. The highest BCUT2D eigenvalue weighted by molar-refractivity contribution is 7.80. The molecule has 0 aliphatic carbocycles. The molecule has 7 heteroatoms. The molecule has 4 nitrogen and oxygen atoms in total. The largest absolute Gasteiger partial charge is 0.361 e. The molecule has 0 bridgehead atoms. The van der Waals surface area contributed by atoms with E-state index >= 15 is 0 Å². The average Bonchev–Trinajstić information content (AvgIpc) is 2.57. The number of carbonyl (C=O) groups excluding carboxylic acids is 1. The van der Waals surface area contributed by atoms with Crippen LogP contribution >= 0.6 is 23.8 Å². The van der Waals surface area contributed by atoms with Crippen molar-refractivity contribution in [2.24, 2.45) is 0 Å². The van der Waals surface area contributed by atoms with E-state index in [0.29, 0.717) is 17.1 Å². The summed E-state index contributed by atoms with van der Waals surface area (Å²) < 4.78 is 13.4. The van der Waals surface area contributed by atoms with Crippen LogP contribution in [0.3, 0.4) is 0 Å². The van der Waals surface area contributed by atoms with E-state index in [1.54, 1.807) is 19.1 Å². The molecule has 2 rings (SSSR count). The van der Waals surface area contributed by atoms with Gasteiger partial charge in [0.05, 0.1) is 0 Å². The van der Waals surface area contributed by atoms with Crippen LogP contribution in [0, 0.1) is 12.7 Å². The highest BCUT2D eigenvalue weighted by Gasteiger charge is 2.08. The van der Waals surface area contributed by atoms with Crippen molar-refractivity contribution in [3.63, 3.8) is 0 Å². The predicted molar refractivity (Wildman–Crippen MR) is 97.5 cm³/mol. The van der Waals surface area contributed by atoms with Gasteiger partial charge in [-0.15, -0.1) is 0 Å². The Morgan fingerprint density at radius 2 is 1.88 bits per heavy atom. The fraction of sp³-hybridized carbons (Fsp3) is 0.176. The van der Waals surface area contributed by atoms with E-state index < -0.39 is 11.7 Å². The summed E-state index contributed by atoms with van der Waals surface area (Å²) in [7, 11) is 0. The zero-order chi connectivity index (χ0) is 17.5. The van der Waals surface area contributed by atoms with Gasteiger partial charge in [-0.05, 0) is 61.0 Å². The zero-order valence-electron chi connectivity index (χ0n) is 13.0. The standard InChI is InChI=1S/C17H17ClFN3OS/c1-11-2-5-13(10-15(11)19)16(23)21-22-17(24)20-9-8-12-3-6-14(18)7-4-12/h2-7,10H,8-9H2,1H3,(H,21,23)(H2,20,22,24). The van der Waals surface area contributed by atoms with Crippen LogP contribution < -0.4 is 16.2 Å². The molecule has 0 saturated carbocycles. The van der Waals surface area contributed by atoms with Crippen molar-refractivity contribution in [3.05, 3.63) is 70.0 Å². The van der Waals surface area contributed by atoms with Crippen molar-refractivity contribution in [3.8, 4) is 0 Å². The fourth-order valence-electron chi connectivity index (χ4n) is 1.94. The smallest absolute Gasteiger partial charge is 0.269 e. The van der Waals surface area contributed by atoms with E-state index in [2.05, 4.69) is 16.2 Å². The molecular weight excluding hydrogens is 349 g/mol. The Kier molecular flexibility index (Phi) is 6.52. The van der Waals surface area contributed by atoms with Crippen molar-refractivity contribution in [1.29, 1.82) is 0 Å². The van der Waals surface area contributed by atoms with Crippen molar-refractivity contribution < 1.29 is 9.18 Å². The lowest BCUT2D eigenvalue weighted by Gasteiger charge is -2.12. The Labute approximate surface area is 150 Å². The molecule has 0 aliphatic rings. The number of rotatable bonds is 4. The van der Waals surface area contributed by atoms with Gasteiger partial charge in [0.25, 0.3) is 5.91 Å². The molecule has 0 atom stereocenters. The summed E-state index contributed by atoms with van der Waals surface area (Å²) in [6.45, 7) is 2.23. The second-order valence-corrected chi connectivity index (χ2v) is 6.02. The molecule has 0 heterocycles. The normalized spacial score (nSPS) is 10.1. The topological polar surface area (TPSA) is 53.2 Å². The molecule has 0 spiro atoms. The Morgan fingerprint density at radius 1 is 1.17 bits per heavy atom. The van der Waals surface area contributed by atoms with Crippen LogP contribution in [0.5, 0.6) is 0 Å². The van der Waals surface area contributed by atoms with Gasteiger partial charge < -0.3 is 5.32 Å². The summed E-state index contributed by atoms with van der Waals surface area (Å²) in [5, 5.41) is 3.95. The third kappa shape index (κ3) is 5.47. The van der Waals surface area contributed by atoms with Crippen LogP contribution in [0.2, 0.25) is 5.02 Å². The first-order valence-corrected chi connectivity index (χ1v) is 8.09. The minimum absolute atomic E-state index is 0.217. The van der Waals surface area contributed by atoms with E-state index in [1.807, 2.05) is 24.3 Å². The van der Waals surface area contributed by atoms with Gasteiger partial charge in [0.1, 0.15) is 5.82 Å². The summed E-state index contributed by atoms with van der Waals surface area (Å²) in [4.78, 5) is 11.9. The van der Waals surface area contributed by atoms with E-state index in [0.717, 1.165) is 12.0 Å². The second kappa shape index (κ2) is 8.61. The molecule has 1 amide bonds. The summed E-state index contributed by atoms with van der Waals surface area (Å²) in [5.74, 6) is -0.887. The van der Waals surface area contributed by atoms with Gasteiger partial charge >= 0.3 is 0 Å². The van der Waals surface area contributed by atoms with Crippen molar-refractivity contribution >= 4 is 34.8 Å². The van der Waals surface area contributed by atoms with Crippen LogP contribution in [0.1, 0.15) is 21.5 Å². The molecule has 0 aliphatic heterocycles. The summed E-state index contributed by atoms with van der Waals surface area (Å²) in [6.07, 6.45) is 0.760. The van der Waals surface area contributed by atoms with Crippen molar-refractivity contribution in [2.75, 3.05) is 6.54 Å². The van der Waals surface area contributed by atoms with E-state index in [4.69, 9.17) is 23.8 Å². The fourth-order valence-corrected chi connectivity index (χ4v) is 2.21. The number of hydrogen-bond acceptors (Lipinski definition) is 2. The number of amides is 1. The number of nitrogens with one attached hydrogen (secondary N) is 3. The molecule has 0 unspecified atom stereocenters. The number of aryl methyl sites for hydroxylation is 1. The molecule has 126 valence electrons. The summed E-state index contributed by atoms with van der Waals surface area (Å²) in [6, 6.07) is 11.8. The number of hydrazine groups is 1. The van der Waals surface area contributed by atoms with Crippen molar-refractivity contribution in [1.82, 2.24) is 16.2 Å².